The molecule has 0 aliphatic carbocycles. The lowest BCUT2D eigenvalue weighted by molar-refractivity contribution is 0.121. The Labute approximate surface area is 115 Å². The van der Waals surface area contributed by atoms with Gasteiger partial charge in [0, 0.05) is 5.56 Å². The van der Waals surface area contributed by atoms with Gasteiger partial charge in [0.05, 0.1) is 33.5 Å². The molecule has 1 atom stereocenters. The number of hydrogen-bond donors (Lipinski definition) is 1. The van der Waals surface area contributed by atoms with Gasteiger partial charge >= 0.3 is 0 Å². The summed E-state index contributed by atoms with van der Waals surface area (Å²) in [6, 6.07) is 2.21. The fourth-order valence-corrected chi connectivity index (χ4v) is 2.76. The lowest BCUT2D eigenvalue weighted by atomic mass is 9.93. The molecule has 106 valence electrons. The minimum absolute atomic E-state index is 0.159. The second-order valence-electron chi connectivity index (χ2n) is 4.76. The number of ether oxygens (including phenoxy) is 3. The van der Waals surface area contributed by atoms with Gasteiger partial charge in [-0.2, -0.15) is 0 Å². The van der Waals surface area contributed by atoms with E-state index in [1.807, 2.05) is 6.07 Å². The summed E-state index contributed by atoms with van der Waals surface area (Å²) in [6.45, 7) is 6.54. The fourth-order valence-electron chi connectivity index (χ4n) is 2.76. The summed E-state index contributed by atoms with van der Waals surface area (Å²) < 4.78 is 16.8. The summed E-state index contributed by atoms with van der Waals surface area (Å²) in [7, 11) is 3.38. The highest BCUT2D eigenvalue weighted by Crippen LogP contribution is 2.40. The molecular weight excluding hydrogens is 242 g/mol. The Bertz CT molecular complexity index is 446. The second-order valence-corrected chi connectivity index (χ2v) is 4.76. The van der Waals surface area contributed by atoms with Crippen molar-refractivity contribution in [3.05, 3.63) is 22.8 Å². The zero-order valence-corrected chi connectivity index (χ0v) is 12.2. The van der Waals surface area contributed by atoms with Gasteiger partial charge in [-0.1, -0.05) is 6.92 Å². The van der Waals surface area contributed by atoms with Crippen molar-refractivity contribution in [3.8, 4) is 11.5 Å². The van der Waals surface area contributed by atoms with Crippen LogP contribution in [-0.4, -0.2) is 34.0 Å². The van der Waals surface area contributed by atoms with Crippen molar-refractivity contribution in [2.75, 3.05) is 34.0 Å². The van der Waals surface area contributed by atoms with Crippen LogP contribution >= 0.6 is 0 Å². The predicted octanol–water partition coefficient (Wildman–Crippen LogP) is 2.24. The SMILES string of the molecule is CCNC1COCCc2c(C)cc(OC)c(OC)c21. The van der Waals surface area contributed by atoms with E-state index in [2.05, 4.69) is 19.2 Å². The van der Waals surface area contributed by atoms with E-state index in [1.165, 1.54) is 16.7 Å². The smallest absolute Gasteiger partial charge is 0.165 e. The molecule has 1 aromatic carbocycles. The normalized spacial score (nSPS) is 18.6. The van der Waals surface area contributed by atoms with Crippen LogP contribution < -0.4 is 14.8 Å². The molecule has 4 nitrogen and oxygen atoms in total. The number of fused-ring (bicyclic) bond motifs is 1. The van der Waals surface area contributed by atoms with E-state index in [0.717, 1.165) is 31.1 Å². The Hall–Kier alpha value is -1.26. The van der Waals surface area contributed by atoms with Gasteiger partial charge in [-0.25, -0.2) is 0 Å². The van der Waals surface area contributed by atoms with Crippen molar-refractivity contribution >= 4 is 0 Å². The molecule has 0 saturated carbocycles. The Balaban J connectivity index is 2.60. The van der Waals surface area contributed by atoms with Gasteiger partial charge < -0.3 is 19.5 Å². The molecule has 1 aromatic rings. The van der Waals surface area contributed by atoms with Gasteiger partial charge in [0.2, 0.25) is 0 Å². The standard InChI is InChI=1S/C15H23NO3/c1-5-16-12-9-19-7-6-11-10(2)8-13(17-3)15(18-4)14(11)12/h8,12,16H,5-7,9H2,1-4H3. The maximum absolute atomic E-state index is 5.71. The monoisotopic (exact) mass is 265 g/mol. The number of methoxy groups -OCH3 is 2. The lowest BCUT2D eigenvalue weighted by Gasteiger charge is -2.23. The molecule has 0 saturated heterocycles. The fraction of sp³-hybridized carbons (Fsp3) is 0.600. The largest absolute Gasteiger partial charge is 0.493 e. The van der Waals surface area contributed by atoms with Gasteiger partial charge in [-0.05, 0) is 37.1 Å². The van der Waals surface area contributed by atoms with Gasteiger partial charge in [-0.3, -0.25) is 0 Å². The van der Waals surface area contributed by atoms with E-state index in [-0.39, 0.29) is 6.04 Å². The Kier molecular flexibility index (Phi) is 4.66. The van der Waals surface area contributed by atoms with Crippen molar-refractivity contribution < 1.29 is 14.2 Å². The van der Waals surface area contributed by atoms with Crippen LogP contribution in [0.3, 0.4) is 0 Å². The van der Waals surface area contributed by atoms with Crippen LogP contribution in [0.25, 0.3) is 0 Å². The van der Waals surface area contributed by atoms with Crippen molar-refractivity contribution in [2.24, 2.45) is 0 Å². The van der Waals surface area contributed by atoms with Gasteiger partial charge in [0.25, 0.3) is 0 Å². The summed E-state index contributed by atoms with van der Waals surface area (Å²) in [6.07, 6.45) is 0.920. The minimum Gasteiger partial charge on any atom is -0.493 e. The molecule has 4 heteroatoms. The van der Waals surface area contributed by atoms with Gasteiger partial charge in [0.1, 0.15) is 0 Å². The summed E-state index contributed by atoms with van der Waals surface area (Å²) in [5, 5.41) is 3.47. The van der Waals surface area contributed by atoms with E-state index < -0.39 is 0 Å². The molecule has 1 heterocycles. The molecule has 1 unspecified atom stereocenters. The highest BCUT2D eigenvalue weighted by Gasteiger charge is 2.26. The quantitative estimate of drug-likeness (QED) is 0.906. The first-order valence-corrected chi connectivity index (χ1v) is 6.78. The molecule has 1 aliphatic heterocycles. The third-order valence-electron chi connectivity index (χ3n) is 3.62. The van der Waals surface area contributed by atoms with Crippen LogP contribution in [0.4, 0.5) is 0 Å². The van der Waals surface area contributed by atoms with Crippen LogP contribution in [0.1, 0.15) is 29.7 Å². The van der Waals surface area contributed by atoms with Crippen LogP contribution in [0.5, 0.6) is 11.5 Å². The molecule has 0 aromatic heterocycles. The number of rotatable bonds is 4. The molecule has 0 spiro atoms. The van der Waals surface area contributed by atoms with Crippen LogP contribution in [0.2, 0.25) is 0 Å². The lowest BCUT2D eigenvalue weighted by Crippen LogP contribution is -2.25. The van der Waals surface area contributed by atoms with Crippen LogP contribution in [0.15, 0.2) is 6.07 Å². The summed E-state index contributed by atoms with van der Waals surface area (Å²) >= 11 is 0. The summed E-state index contributed by atoms with van der Waals surface area (Å²) in [4.78, 5) is 0. The van der Waals surface area contributed by atoms with Crippen molar-refractivity contribution in [3.63, 3.8) is 0 Å². The Morgan fingerprint density at radius 2 is 2.16 bits per heavy atom. The zero-order valence-electron chi connectivity index (χ0n) is 12.2. The van der Waals surface area contributed by atoms with Gasteiger partial charge in [-0.15, -0.1) is 0 Å². The average molecular weight is 265 g/mol. The van der Waals surface area contributed by atoms with E-state index in [0.29, 0.717) is 6.61 Å². The predicted molar refractivity (Wildman–Crippen MR) is 75.2 cm³/mol. The van der Waals surface area contributed by atoms with E-state index in [4.69, 9.17) is 14.2 Å². The van der Waals surface area contributed by atoms with E-state index in [9.17, 15) is 0 Å². The Morgan fingerprint density at radius 3 is 2.79 bits per heavy atom. The number of nitrogens with one attached hydrogen (secondary N) is 1. The Morgan fingerprint density at radius 1 is 1.37 bits per heavy atom. The highest BCUT2D eigenvalue weighted by atomic mass is 16.5. The average Bonchev–Trinajstić information content (AvgIpc) is 2.62. The second kappa shape index (κ2) is 6.26. The van der Waals surface area contributed by atoms with Gasteiger partial charge in [0.15, 0.2) is 11.5 Å². The first-order chi connectivity index (χ1) is 9.22. The van der Waals surface area contributed by atoms with Crippen molar-refractivity contribution in [1.82, 2.24) is 5.32 Å². The van der Waals surface area contributed by atoms with E-state index in [1.54, 1.807) is 14.2 Å². The molecule has 0 bridgehead atoms. The first-order valence-electron chi connectivity index (χ1n) is 6.78. The number of benzene rings is 1. The number of likely N-dealkylation sites (N-methyl/N-ethyl adjacent to an activating group) is 1. The first kappa shape index (κ1) is 14.2. The summed E-state index contributed by atoms with van der Waals surface area (Å²) in [5.74, 6) is 1.63. The van der Waals surface area contributed by atoms with Crippen LogP contribution in [0, 0.1) is 6.92 Å². The zero-order chi connectivity index (χ0) is 13.8. The molecule has 19 heavy (non-hydrogen) atoms. The van der Waals surface area contributed by atoms with Crippen molar-refractivity contribution in [2.45, 2.75) is 26.3 Å². The highest BCUT2D eigenvalue weighted by molar-refractivity contribution is 5.56. The number of aryl methyl sites for hydroxylation is 1. The molecule has 0 fully saturated rings. The number of hydrogen-bond acceptors (Lipinski definition) is 4. The van der Waals surface area contributed by atoms with E-state index >= 15 is 0 Å². The minimum atomic E-state index is 0.159. The summed E-state index contributed by atoms with van der Waals surface area (Å²) in [5.41, 5.74) is 3.75. The van der Waals surface area contributed by atoms with Crippen LogP contribution in [-0.2, 0) is 11.2 Å². The molecule has 1 aliphatic rings. The molecule has 0 radical (unpaired) electrons. The topological polar surface area (TPSA) is 39.7 Å². The molecule has 2 rings (SSSR count). The van der Waals surface area contributed by atoms with Crippen molar-refractivity contribution in [1.29, 1.82) is 0 Å². The molecular formula is C15H23NO3. The maximum Gasteiger partial charge on any atom is 0.165 e. The third-order valence-corrected chi connectivity index (χ3v) is 3.62. The molecule has 0 amide bonds. The third kappa shape index (κ3) is 2.69. The maximum atomic E-state index is 5.71. The molecule has 1 N–H and O–H groups in total.